The molecule has 0 spiro atoms. The molecular formula is C10H15N3OS. The van der Waals surface area contributed by atoms with Crippen LogP contribution in [0.3, 0.4) is 0 Å². The number of pyridine rings is 1. The topological polar surface area (TPSA) is 51.4 Å². The van der Waals surface area contributed by atoms with Gasteiger partial charge in [-0.2, -0.15) is 0 Å². The SMILES string of the molecule is COCCN(C)c1ccc(C(N)=S)cn1. The van der Waals surface area contributed by atoms with Gasteiger partial charge in [-0.1, -0.05) is 12.2 Å². The summed E-state index contributed by atoms with van der Waals surface area (Å²) in [7, 11) is 3.64. The smallest absolute Gasteiger partial charge is 0.128 e. The Labute approximate surface area is 95.0 Å². The second-order valence-electron chi connectivity index (χ2n) is 3.18. The molecule has 0 saturated heterocycles. The molecule has 0 atom stereocenters. The first kappa shape index (κ1) is 11.9. The second kappa shape index (κ2) is 5.63. The van der Waals surface area contributed by atoms with E-state index >= 15 is 0 Å². The molecule has 0 radical (unpaired) electrons. The molecule has 0 unspecified atom stereocenters. The Balaban J connectivity index is 2.66. The summed E-state index contributed by atoms with van der Waals surface area (Å²) >= 11 is 4.85. The van der Waals surface area contributed by atoms with Crippen LogP contribution in [0.15, 0.2) is 18.3 Å². The van der Waals surface area contributed by atoms with Crippen LogP contribution in [0.1, 0.15) is 5.56 Å². The molecule has 1 aromatic heterocycles. The average Bonchev–Trinajstić information content (AvgIpc) is 2.26. The number of anilines is 1. The number of nitrogens with zero attached hydrogens (tertiary/aromatic N) is 2. The van der Waals surface area contributed by atoms with E-state index in [1.165, 1.54) is 0 Å². The second-order valence-corrected chi connectivity index (χ2v) is 3.62. The lowest BCUT2D eigenvalue weighted by Crippen LogP contribution is -2.23. The van der Waals surface area contributed by atoms with Crippen LogP contribution >= 0.6 is 12.2 Å². The molecule has 15 heavy (non-hydrogen) atoms. The number of hydrogen-bond donors (Lipinski definition) is 1. The normalized spacial score (nSPS) is 10.0. The van der Waals surface area contributed by atoms with E-state index in [2.05, 4.69) is 4.98 Å². The molecule has 0 amide bonds. The lowest BCUT2D eigenvalue weighted by molar-refractivity contribution is 0.206. The van der Waals surface area contributed by atoms with Crippen molar-refractivity contribution in [3.8, 4) is 0 Å². The van der Waals surface area contributed by atoms with Gasteiger partial charge in [0.15, 0.2) is 0 Å². The van der Waals surface area contributed by atoms with Crippen molar-refractivity contribution in [2.24, 2.45) is 5.73 Å². The molecule has 0 bridgehead atoms. The number of aromatic nitrogens is 1. The molecule has 2 N–H and O–H groups in total. The van der Waals surface area contributed by atoms with Crippen molar-refractivity contribution in [1.29, 1.82) is 0 Å². The van der Waals surface area contributed by atoms with Crippen LogP contribution in [0.4, 0.5) is 5.82 Å². The van der Waals surface area contributed by atoms with Crippen LogP contribution in [0.25, 0.3) is 0 Å². The Morgan fingerprint density at radius 2 is 2.33 bits per heavy atom. The largest absolute Gasteiger partial charge is 0.389 e. The third-order valence-electron chi connectivity index (χ3n) is 2.05. The molecule has 0 aromatic carbocycles. The fourth-order valence-electron chi connectivity index (χ4n) is 1.10. The minimum Gasteiger partial charge on any atom is -0.389 e. The van der Waals surface area contributed by atoms with Crippen LogP contribution in [0.5, 0.6) is 0 Å². The van der Waals surface area contributed by atoms with Crippen LogP contribution < -0.4 is 10.6 Å². The van der Waals surface area contributed by atoms with Gasteiger partial charge in [0.05, 0.1) is 6.61 Å². The van der Waals surface area contributed by atoms with Gasteiger partial charge in [-0.15, -0.1) is 0 Å². The minimum atomic E-state index is 0.369. The summed E-state index contributed by atoms with van der Waals surface area (Å²) in [5.74, 6) is 0.882. The number of methoxy groups -OCH3 is 1. The predicted molar refractivity (Wildman–Crippen MR) is 65.3 cm³/mol. The van der Waals surface area contributed by atoms with Crippen molar-refractivity contribution < 1.29 is 4.74 Å². The van der Waals surface area contributed by atoms with Gasteiger partial charge in [0.1, 0.15) is 10.8 Å². The van der Waals surface area contributed by atoms with Crippen LogP contribution in [0, 0.1) is 0 Å². The highest BCUT2D eigenvalue weighted by Gasteiger charge is 2.02. The third-order valence-corrected chi connectivity index (χ3v) is 2.29. The Kier molecular flexibility index (Phi) is 4.45. The quantitative estimate of drug-likeness (QED) is 0.751. The Morgan fingerprint density at radius 1 is 1.60 bits per heavy atom. The minimum absolute atomic E-state index is 0.369. The van der Waals surface area contributed by atoms with E-state index in [0.29, 0.717) is 11.6 Å². The van der Waals surface area contributed by atoms with E-state index in [1.807, 2.05) is 24.1 Å². The molecule has 0 fully saturated rings. The first-order chi connectivity index (χ1) is 7.15. The zero-order chi connectivity index (χ0) is 11.3. The van der Waals surface area contributed by atoms with Crippen molar-refractivity contribution in [3.05, 3.63) is 23.9 Å². The van der Waals surface area contributed by atoms with Gasteiger partial charge in [-0.3, -0.25) is 0 Å². The maximum atomic E-state index is 5.48. The molecule has 0 aliphatic carbocycles. The van der Waals surface area contributed by atoms with E-state index in [1.54, 1.807) is 13.3 Å². The van der Waals surface area contributed by atoms with E-state index < -0.39 is 0 Å². The maximum absolute atomic E-state index is 5.48. The molecule has 5 heteroatoms. The third kappa shape index (κ3) is 3.45. The molecule has 82 valence electrons. The summed E-state index contributed by atoms with van der Waals surface area (Å²) < 4.78 is 4.99. The van der Waals surface area contributed by atoms with E-state index in [-0.39, 0.29) is 0 Å². The fourth-order valence-corrected chi connectivity index (χ4v) is 1.22. The first-order valence-corrected chi connectivity index (χ1v) is 5.02. The van der Waals surface area contributed by atoms with Crippen LogP contribution in [0.2, 0.25) is 0 Å². The van der Waals surface area contributed by atoms with Crippen LogP contribution in [-0.4, -0.2) is 37.3 Å². The molecular weight excluding hydrogens is 210 g/mol. The summed E-state index contributed by atoms with van der Waals surface area (Å²) in [5.41, 5.74) is 6.26. The number of thiocarbonyl (C=S) groups is 1. The van der Waals surface area contributed by atoms with Gasteiger partial charge in [-0.25, -0.2) is 4.98 Å². The number of likely N-dealkylation sites (N-methyl/N-ethyl adjacent to an activating group) is 1. The predicted octanol–water partition coefficient (Wildman–Crippen LogP) is 0.798. The lowest BCUT2D eigenvalue weighted by atomic mass is 10.3. The van der Waals surface area contributed by atoms with Gasteiger partial charge in [-0.05, 0) is 12.1 Å². The standard InChI is InChI=1S/C10H15N3OS/c1-13(5-6-14-2)9-4-3-8(7-12-9)10(11)15/h3-4,7H,5-6H2,1-2H3,(H2,11,15). The fraction of sp³-hybridized carbons (Fsp3) is 0.400. The Morgan fingerprint density at radius 3 is 2.80 bits per heavy atom. The molecule has 4 nitrogen and oxygen atoms in total. The van der Waals surface area contributed by atoms with Gasteiger partial charge in [0, 0.05) is 32.5 Å². The Bertz CT molecular complexity index is 326. The van der Waals surface area contributed by atoms with Gasteiger partial charge in [0.2, 0.25) is 0 Å². The molecule has 0 saturated carbocycles. The summed E-state index contributed by atoms with van der Waals surface area (Å²) in [4.78, 5) is 6.63. The number of rotatable bonds is 5. The highest BCUT2D eigenvalue weighted by atomic mass is 32.1. The highest BCUT2D eigenvalue weighted by molar-refractivity contribution is 7.80. The van der Waals surface area contributed by atoms with Gasteiger partial charge in [0.25, 0.3) is 0 Å². The number of hydrogen-bond acceptors (Lipinski definition) is 4. The van der Waals surface area contributed by atoms with E-state index in [4.69, 9.17) is 22.7 Å². The summed E-state index contributed by atoms with van der Waals surface area (Å²) in [5, 5.41) is 0. The zero-order valence-corrected chi connectivity index (χ0v) is 9.75. The first-order valence-electron chi connectivity index (χ1n) is 4.61. The lowest BCUT2D eigenvalue weighted by Gasteiger charge is -2.17. The van der Waals surface area contributed by atoms with Crippen LogP contribution in [-0.2, 0) is 4.74 Å². The molecule has 0 aliphatic heterocycles. The molecule has 1 rings (SSSR count). The van der Waals surface area contributed by atoms with Crippen molar-refractivity contribution >= 4 is 23.0 Å². The Hall–Kier alpha value is -1.20. The zero-order valence-electron chi connectivity index (χ0n) is 8.93. The average molecular weight is 225 g/mol. The van der Waals surface area contributed by atoms with E-state index in [0.717, 1.165) is 17.9 Å². The summed E-state index contributed by atoms with van der Waals surface area (Å²) in [6.07, 6.45) is 1.68. The van der Waals surface area contributed by atoms with Gasteiger partial charge >= 0.3 is 0 Å². The summed E-state index contributed by atoms with van der Waals surface area (Å²) in [6, 6.07) is 3.76. The molecule has 0 aliphatic rings. The van der Waals surface area contributed by atoms with Crippen molar-refractivity contribution in [2.45, 2.75) is 0 Å². The van der Waals surface area contributed by atoms with E-state index in [9.17, 15) is 0 Å². The van der Waals surface area contributed by atoms with Crippen molar-refractivity contribution in [2.75, 3.05) is 32.2 Å². The van der Waals surface area contributed by atoms with Crippen molar-refractivity contribution in [3.63, 3.8) is 0 Å². The highest BCUT2D eigenvalue weighted by Crippen LogP contribution is 2.08. The number of ether oxygens (including phenoxy) is 1. The maximum Gasteiger partial charge on any atom is 0.128 e. The number of nitrogens with two attached hydrogens (primary N) is 1. The monoisotopic (exact) mass is 225 g/mol. The molecule has 1 heterocycles. The van der Waals surface area contributed by atoms with Crippen molar-refractivity contribution in [1.82, 2.24) is 4.98 Å². The summed E-state index contributed by atoms with van der Waals surface area (Å²) in [6.45, 7) is 1.48. The molecule has 1 aromatic rings. The van der Waals surface area contributed by atoms with Gasteiger partial charge < -0.3 is 15.4 Å².